The van der Waals surface area contributed by atoms with Gasteiger partial charge in [-0.05, 0) is 73.0 Å². The van der Waals surface area contributed by atoms with E-state index < -0.39 is 0 Å². The topological polar surface area (TPSA) is 49.3 Å². The molecule has 0 bridgehead atoms. The quantitative estimate of drug-likeness (QED) is 0.722. The number of amides is 1. The van der Waals surface area contributed by atoms with E-state index in [2.05, 4.69) is 26.1 Å². The number of aliphatic hydroxyl groups excluding tert-OH is 1. The third-order valence-corrected chi connectivity index (χ3v) is 8.42. The molecule has 3 heteroatoms. The van der Waals surface area contributed by atoms with E-state index >= 15 is 0 Å². The maximum absolute atomic E-state index is 11.9. The summed E-state index contributed by atoms with van der Waals surface area (Å²) in [6.07, 6.45) is 7.40. The minimum Gasteiger partial charge on any atom is -0.393 e. The monoisotopic (exact) mass is 305 g/mol. The standard InChI is InChI=1S/C19H31NO2/c1-11-10-14-18(2,9-7-16(22)20-14)13-6-8-19(3)12(17(11)13)4-5-15(19)21/h11-15,17,21H,4-10H2,1-3H3,(H,20,22)/t11?,12-,13+,14?,15?,17-,18+,19-/m0/s1. The fourth-order valence-corrected chi connectivity index (χ4v) is 7.02. The van der Waals surface area contributed by atoms with Crippen LogP contribution in [-0.2, 0) is 4.79 Å². The van der Waals surface area contributed by atoms with E-state index in [1.165, 1.54) is 19.3 Å². The Balaban J connectivity index is 1.68. The van der Waals surface area contributed by atoms with Crippen LogP contribution in [0.5, 0.6) is 0 Å². The number of piperidine rings is 1. The van der Waals surface area contributed by atoms with Gasteiger partial charge in [0.2, 0.25) is 5.91 Å². The van der Waals surface area contributed by atoms with Crippen molar-refractivity contribution in [3.05, 3.63) is 0 Å². The molecule has 22 heavy (non-hydrogen) atoms. The number of carbonyl (C=O) groups excluding carboxylic acids is 1. The highest BCUT2D eigenvalue weighted by Gasteiger charge is 2.61. The minimum atomic E-state index is -0.0951. The summed E-state index contributed by atoms with van der Waals surface area (Å²) in [6.45, 7) is 7.18. The summed E-state index contributed by atoms with van der Waals surface area (Å²) in [5.41, 5.74) is 0.427. The Kier molecular flexibility index (Phi) is 3.21. The molecule has 0 aromatic heterocycles. The summed E-state index contributed by atoms with van der Waals surface area (Å²) in [6, 6.07) is 0.376. The van der Waals surface area contributed by atoms with Crippen molar-refractivity contribution in [3.63, 3.8) is 0 Å². The number of fused-ring (bicyclic) bond motifs is 5. The number of carbonyl (C=O) groups is 1. The summed E-state index contributed by atoms with van der Waals surface area (Å²) >= 11 is 0. The number of hydrogen-bond donors (Lipinski definition) is 2. The molecule has 4 fully saturated rings. The molecule has 1 amide bonds. The molecule has 3 aliphatic carbocycles. The van der Waals surface area contributed by atoms with Crippen LogP contribution in [0.3, 0.4) is 0 Å². The SMILES string of the molecule is CC1CC2NC(=O)CC[C@]2(C)[C@@H]2CC[C@]3(C)C(O)CC[C@H]3[C@H]12. The molecule has 1 saturated heterocycles. The van der Waals surface area contributed by atoms with E-state index in [0.717, 1.165) is 31.1 Å². The Labute approximate surface area is 134 Å². The molecule has 8 atom stereocenters. The zero-order chi connectivity index (χ0) is 15.7. The lowest BCUT2D eigenvalue weighted by molar-refractivity contribution is -0.146. The lowest BCUT2D eigenvalue weighted by atomic mass is 9.45. The summed E-state index contributed by atoms with van der Waals surface area (Å²) in [4.78, 5) is 11.9. The van der Waals surface area contributed by atoms with Gasteiger partial charge in [-0.15, -0.1) is 0 Å². The van der Waals surface area contributed by atoms with E-state index in [0.29, 0.717) is 24.3 Å². The summed E-state index contributed by atoms with van der Waals surface area (Å²) in [5, 5.41) is 13.8. The van der Waals surface area contributed by atoms with Crippen LogP contribution >= 0.6 is 0 Å². The third kappa shape index (κ3) is 1.81. The van der Waals surface area contributed by atoms with Gasteiger partial charge in [-0.25, -0.2) is 0 Å². The Bertz CT molecular complexity index is 492. The smallest absolute Gasteiger partial charge is 0.220 e. The van der Waals surface area contributed by atoms with Crippen LogP contribution in [-0.4, -0.2) is 23.2 Å². The van der Waals surface area contributed by atoms with Gasteiger partial charge in [-0.1, -0.05) is 20.8 Å². The van der Waals surface area contributed by atoms with E-state index in [-0.39, 0.29) is 22.8 Å². The predicted octanol–water partition coefficient (Wildman–Crippen LogP) is 3.11. The molecule has 3 nitrogen and oxygen atoms in total. The van der Waals surface area contributed by atoms with Crippen LogP contribution in [0.25, 0.3) is 0 Å². The van der Waals surface area contributed by atoms with Gasteiger partial charge in [0.25, 0.3) is 0 Å². The van der Waals surface area contributed by atoms with Gasteiger partial charge < -0.3 is 10.4 Å². The van der Waals surface area contributed by atoms with Crippen molar-refractivity contribution in [1.29, 1.82) is 0 Å². The van der Waals surface area contributed by atoms with Crippen LogP contribution in [0.15, 0.2) is 0 Å². The molecule has 3 saturated carbocycles. The van der Waals surface area contributed by atoms with Crippen molar-refractivity contribution < 1.29 is 9.90 Å². The molecule has 0 aromatic carbocycles. The lowest BCUT2D eigenvalue weighted by Gasteiger charge is -2.61. The fourth-order valence-electron chi connectivity index (χ4n) is 7.02. The molecule has 4 aliphatic rings. The summed E-state index contributed by atoms with van der Waals surface area (Å²) < 4.78 is 0. The van der Waals surface area contributed by atoms with Crippen molar-refractivity contribution in [3.8, 4) is 0 Å². The molecule has 1 heterocycles. The largest absolute Gasteiger partial charge is 0.393 e. The number of rotatable bonds is 0. The fraction of sp³-hybridized carbons (Fsp3) is 0.947. The van der Waals surface area contributed by atoms with Gasteiger partial charge in [0.05, 0.1) is 6.10 Å². The Morgan fingerprint density at radius 1 is 1.09 bits per heavy atom. The van der Waals surface area contributed by atoms with Gasteiger partial charge in [0.15, 0.2) is 0 Å². The molecule has 3 unspecified atom stereocenters. The second-order valence-electron chi connectivity index (χ2n) is 9.27. The first-order chi connectivity index (χ1) is 10.4. The summed E-state index contributed by atoms with van der Waals surface area (Å²) in [7, 11) is 0. The maximum atomic E-state index is 11.9. The van der Waals surface area contributed by atoms with Crippen molar-refractivity contribution in [1.82, 2.24) is 5.32 Å². The average Bonchev–Trinajstić information content (AvgIpc) is 2.77. The second kappa shape index (κ2) is 4.72. The summed E-state index contributed by atoms with van der Waals surface area (Å²) in [5.74, 6) is 3.07. The van der Waals surface area contributed by atoms with Gasteiger partial charge in [0.1, 0.15) is 0 Å². The van der Waals surface area contributed by atoms with Crippen molar-refractivity contribution in [2.45, 2.75) is 77.9 Å². The van der Waals surface area contributed by atoms with Crippen LogP contribution < -0.4 is 5.32 Å². The highest BCUT2D eigenvalue weighted by atomic mass is 16.3. The first kappa shape index (κ1) is 15.0. The highest BCUT2D eigenvalue weighted by molar-refractivity contribution is 5.77. The zero-order valence-electron chi connectivity index (χ0n) is 14.3. The van der Waals surface area contributed by atoms with Gasteiger partial charge in [-0.2, -0.15) is 0 Å². The molecular formula is C19H31NO2. The van der Waals surface area contributed by atoms with Crippen molar-refractivity contribution in [2.75, 3.05) is 0 Å². The molecule has 4 rings (SSSR count). The van der Waals surface area contributed by atoms with Crippen molar-refractivity contribution in [2.24, 2.45) is 34.5 Å². The molecule has 124 valence electrons. The molecular weight excluding hydrogens is 274 g/mol. The minimum absolute atomic E-state index is 0.0951. The average molecular weight is 305 g/mol. The van der Waals surface area contributed by atoms with E-state index in [9.17, 15) is 9.90 Å². The number of hydrogen-bond acceptors (Lipinski definition) is 2. The Hall–Kier alpha value is -0.570. The maximum Gasteiger partial charge on any atom is 0.220 e. The van der Waals surface area contributed by atoms with E-state index in [1.807, 2.05) is 0 Å². The van der Waals surface area contributed by atoms with Crippen LogP contribution in [0, 0.1) is 34.5 Å². The third-order valence-electron chi connectivity index (χ3n) is 8.42. The lowest BCUT2D eigenvalue weighted by Crippen LogP contribution is -2.63. The number of nitrogens with one attached hydrogen (secondary N) is 1. The van der Waals surface area contributed by atoms with Crippen LogP contribution in [0.1, 0.15) is 65.7 Å². The highest BCUT2D eigenvalue weighted by Crippen LogP contribution is 2.65. The molecule has 2 N–H and O–H groups in total. The molecule has 0 radical (unpaired) electrons. The zero-order valence-corrected chi connectivity index (χ0v) is 14.3. The van der Waals surface area contributed by atoms with E-state index in [4.69, 9.17) is 0 Å². The normalized spacial score (nSPS) is 57.5. The second-order valence-corrected chi connectivity index (χ2v) is 9.27. The Morgan fingerprint density at radius 3 is 2.59 bits per heavy atom. The van der Waals surface area contributed by atoms with Gasteiger partial charge in [-0.3, -0.25) is 4.79 Å². The molecule has 0 aromatic rings. The van der Waals surface area contributed by atoms with Crippen LogP contribution in [0.4, 0.5) is 0 Å². The number of aliphatic hydroxyl groups is 1. The van der Waals surface area contributed by atoms with E-state index in [1.54, 1.807) is 0 Å². The van der Waals surface area contributed by atoms with Crippen LogP contribution in [0.2, 0.25) is 0 Å². The van der Waals surface area contributed by atoms with Gasteiger partial charge in [0, 0.05) is 12.5 Å². The Morgan fingerprint density at radius 2 is 1.82 bits per heavy atom. The first-order valence-corrected chi connectivity index (χ1v) is 9.33. The molecule has 1 aliphatic heterocycles. The predicted molar refractivity (Wildman–Crippen MR) is 86.1 cm³/mol. The van der Waals surface area contributed by atoms with Crippen molar-refractivity contribution >= 4 is 5.91 Å². The molecule has 0 spiro atoms. The van der Waals surface area contributed by atoms with Gasteiger partial charge >= 0.3 is 0 Å². The first-order valence-electron chi connectivity index (χ1n) is 9.33.